The minimum atomic E-state index is -0.124. The minimum absolute atomic E-state index is 0.0456. The number of allylic oxidation sites excluding steroid dienone is 1. The third-order valence-corrected chi connectivity index (χ3v) is 7.09. The molecule has 0 spiro atoms. The van der Waals surface area contributed by atoms with Gasteiger partial charge >= 0.3 is 0 Å². The van der Waals surface area contributed by atoms with Gasteiger partial charge in [0.2, 0.25) is 11.8 Å². The van der Waals surface area contributed by atoms with Crippen molar-refractivity contribution >= 4 is 11.8 Å². The van der Waals surface area contributed by atoms with Crippen LogP contribution in [0.15, 0.2) is 12.7 Å². The first-order valence-electron chi connectivity index (χ1n) is 12.2. The topological polar surface area (TPSA) is 79.5 Å². The number of likely N-dealkylation sites (N-methyl/N-ethyl adjacent to an activating group) is 1. The first-order chi connectivity index (χ1) is 14.8. The molecule has 1 rings (SSSR count). The van der Waals surface area contributed by atoms with Crippen molar-refractivity contribution in [1.29, 1.82) is 0 Å². The molecule has 1 aliphatic carbocycles. The van der Waals surface area contributed by atoms with Crippen molar-refractivity contribution in [2.75, 3.05) is 27.2 Å². The van der Waals surface area contributed by atoms with Crippen molar-refractivity contribution < 1.29 is 14.3 Å². The molecule has 3 N–H and O–H groups in total. The van der Waals surface area contributed by atoms with Crippen LogP contribution in [0.2, 0.25) is 0 Å². The highest BCUT2D eigenvalue weighted by Gasteiger charge is 2.42. The summed E-state index contributed by atoms with van der Waals surface area (Å²) in [4.78, 5) is 24.7. The SMILES string of the molecule is C=CC(C)CCNC(=O)C(C)[C@H]1C[C@H]1CCCNC(=O)CC(OC)C(NC)C(C)CC. The molecule has 5 unspecified atom stereocenters. The highest BCUT2D eigenvalue weighted by atomic mass is 16.5. The summed E-state index contributed by atoms with van der Waals surface area (Å²) in [7, 11) is 3.60. The molecular weight excluding hydrogens is 390 g/mol. The summed E-state index contributed by atoms with van der Waals surface area (Å²) in [5.41, 5.74) is 0. The molecule has 7 atom stereocenters. The Labute approximate surface area is 190 Å². The van der Waals surface area contributed by atoms with Crippen LogP contribution in [0, 0.1) is 29.6 Å². The lowest BCUT2D eigenvalue weighted by molar-refractivity contribution is -0.125. The van der Waals surface area contributed by atoms with E-state index in [0.717, 1.165) is 32.1 Å². The fraction of sp³-hybridized carbons (Fsp3) is 0.840. The normalized spacial score (nSPS) is 22.6. The number of hydrogen-bond acceptors (Lipinski definition) is 4. The predicted molar refractivity (Wildman–Crippen MR) is 128 cm³/mol. The van der Waals surface area contributed by atoms with E-state index in [1.54, 1.807) is 7.11 Å². The summed E-state index contributed by atoms with van der Waals surface area (Å²) in [5, 5.41) is 9.41. The second kappa shape index (κ2) is 14.6. The number of methoxy groups -OCH3 is 1. The van der Waals surface area contributed by atoms with Gasteiger partial charge in [-0.1, -0.05) is 40.2 Å². The van der Waals surface area contributed by atoms with Crippen LogP contribution in [0.3, 0.4) is 0 Å². The predicted octanol–water partition coefficient (Wildman–Crippen LogP) is 3.52. The monoisotopic (exact) mass is 437 g/mol. The minimum Gasteiger partial charge on any atom is -0.379 e. The third kappa shape index (κ3) is 9.73. The number of ether oxygens (including phenoxy) is 1. The maximum absolute atomic E-state index is 12.4. The lowest BCUT2D eigenvalue weighted by atomic mass is 9.92. The smallest absolute Gasteiger partial charge is 0.223 e. The average molecular weight is 438 g/mol. The zero-order chi connectivity index (χ0) is 23.4. The zero-order valence-electron chi connectivity index (χ0n) is 20.7. The number of carbonyl (C=O) groups excluding carboxylic acids is 2. The molecule has 2 amide bonds. The Morgan fingerprint density at radius 3 is 2.48 bits per heavy atom. The van der Waals surface area contributed by atoms with Crippen molar-refractivity contribution in [2.45, 2.75) is 78.4 Å². The second-order valence-electron chi connectivity index (χ2n) is 9.41. The molecule has 0 aromatic heterocycles. The molecule has 1 fully saturated rings. The Morgan fingerprint density at radius 1 is 1.19 bits per heavy atom. The van der Waals surface area contributed by atoms with Crippen LogP contribution >= 0.6 is 0 Å². The lowest BCUT2D eigenvalue weighted by Crippen LogP contribution is -2.46. The molecule has 0 heterocycles. The highest BCUT2D eigenvalue weighted by molar-refractivity contribution is 5.79. The standard InChI is InChI=1S/C25H47N3O3/c1-8-17(3)12-14-28-25(30)19(5)21-15-20(21)11-10-13-27-23(29)16-22(31-7)24(26-6)18(4)9-2/h8,17-22,24,26H,1,9-16H2,2-7H3,(H,27,29)(H,28,30)/t17?,18?,19?,20-,21-,22?,24?/m1/s1. The van der Waals surface area contributed by atoms with E-state index in [9.17, 15) is 9.59 Å². The summed E-state index contributed by atoms with van der Waals surface area (Å²) in [6.45, 7) is 13.7. The van der Waals surface area contributed by atoms with E-state index >= 15 is 0 Å². The van der Waals surface area contributed by atoms with E-state index in [-0.39, 0.29) is 29.9 Å². The molecule has 1 saturated carbocycles. The van der Waals surface area contributed by atoms with E-state index in [1.165, 1.54) is 0 Å². The zero-order valence-corrected chi connectivity index (χ0v) is 20.7. The quantitative estimate of drug-likeness (QED) is 0.240. The maximum Gasteiger partial charge on any atom is 0.223 e. The van der Waals surface area contributed by atoms with Gasteiger partial charge in [0.15, 0.2) is 0 Å². The summed E-state index contributed by atoms with van der Waals surface area (Å²) in [6, 6.07) is 0.167. The maximum atomic E-state index is 12.4. The summed E-state index contributed by atoms with van der Waals surface area (Å²) in [5.74, 6) is 2.25. The van der Waals surface area contributed by atoms with Crippen molar-refractivity contribution in [3.63, 3.8) is 0 Å². The van der Waals surface area contributed by atoms with Crippen molar-refractivity contribution in [3.05, 3.63) is 12.7 Å². The largest absolute Gasteiger partial charge is 0.379 e. The van der Waals surface area contributed by atoms with Crippen LogP contribution in [0.25, 0.3) is 0 Å². The molecule has 0 aromatic rings. The molecule has 6 nitrogen and oxygen atoms in total. The molecule has 31 heavy (non-hydrogen) atoms. The van der Waals surface area contributed by atoms with E-state index in [2.05, 4.69) is 43.3 Å². The van der Waals surface area contributed by atoms with Gasteiger partial charge < -0.3 is 20.7 Å². The van der Waals surface area contributed by atoms with Crippen LogP contribution in [-0.2, 0) is 14.3 Å². The Bertz CT molecular complexity index is 554. The number of carbonyl (C=O) groups is 2. The van der Waals surface area contributed by atoms with Gasteiger partial charge in [-0.2, -0.15) is 0 Å². The van der Waals surface area contributed by atoms with Crippen LogP contribution in [0.5, 0.6) is 0 Å². The average Bonchev–Trinajstić information content (AvgIpc) is 3.54. The first kappa shape index (κ1) is 27.6. The Hall–Kier alpha value is -1.40. The van der Waals surface area contributed by atoms with Gasteiger partial charge in [-0.15, -0.1) is 6.58 Å². The third-order valence-electron chi connectivity index (χ3n) is 7.09. The summed E-state index contributed by atoms with van der Waals surface area (Å²) in [6.07, 6.45) is 7.29. The second-order valence-corrected chi connectivity index (χ2v) is 9.41. The van der Waals surface area contributed by atoms with Gasteiger partial charge in [-0.3, -0.25) is 9.59 Å². The summed E-state index contributed by atoms with van der Waals surface area (Å²) < 4.78 is 5.60. The molecular formula is C25H47N3O3. The van der Waals surface area contributed by atoms with Crippen LogP contribution in [0.1, 0.15) is 66.2 Å². The van der Waals surface area contributed by atoms with Gasteiger partial charge in [-0.05, 0) is 56.4 Å². The lowest BCUT2D eigenvalue weighted by Gasteiger charge is -2.30. The molecule has 1 aliphatic rings. The molecule has 180 valence electrons. The Balaban J connectivity index is 2.23. The number of hydrogen-bond donors (Lipinski definition) is 3. The number of nitrogens with one attached hydrogen (secondary N) is 3. The van der Waals surface area contributed by atoms with Gasteiger partial charge in [0.05, 0.1) is 12.5 Å². The van der Waals surface area contributed by atoms with Crippen LogP contribution in [-0.4, -0.2) is 51.2 Å². The van der Waals surface area contributed by atoms with Crippen molar-refractivity contribution in [1.82, 2.24) is 16.0 Å². The van der Waals surface area contributed by atoms with E-state index in [1.807, 2.05) is 20.0 Å². The number of rotatable bonds is 17. The van der Waals surface area contributed by atoms with E-state index < -0.39 is 0 Å². The molecule has 0 saturated heterocycles. The summed E-state index contributed by atoms with van der Waals surface area (Å²) >= 11 is 0. The van der Waals surface area contributed by atoms with Crippen LogP contribution in [0.4, 0.5) is 0 Å². The van der Waals surface area contributed by atoms with Crippen LogP contribution < -0.4 is 16.0 Å². The van der Waals surface area contributed by atoms with Crippen molar-refractivity contribution in [3.8, 4) is 0 Å². The van der Waals surface area contributed by atoms with Gasteiger partial charge in [0.1, 0.15) is 0 Å². The fourth-order valence-corrected chi connectivity index (χ4v) is 4.41. The van der Waals surface area contributed by atoms with E-state index in [0.29, 0.717) is 43.2 Å². The first-order valence-corrected chi connectivity index (χ1v) is 12.2. The molecule has 0 bridgehead atoms. The fourth-order valence-electron chi connectivity index (χ4n) is 4.41. The molecule has 6 heteroatoms. The van der Waals surface area contributed by atoms with Gasteiger partial charge in [0.25, 0.3) is 0 Å². The van der Waals surface area contributed by atoms with Gasteiger partial charge in [0, 0.05) is 32.2 Å². The Kier molecular flexibility index (Phi) is 13.0. The van der Waals surface area contributed by atoms with E-state index in [4.69, 9.17) is 4.74 Å². The van der Waals surface area contributed by atoms with Gasteiger partial charge in [-0.25, -0.2) is 0 Å². The molecule has 0 aliphatic heterocycles. The Morgan fingerprint density at radius 2 is 1.90 bits per heavy atom. The molecule has 0 aromatic carbocycles. The highest BCUT2D eigenvalue weighted by Crippen LogP contribution is 2.47. The van der Waals surface area contributed by atoms with Crippen molar-refractivity contribution in [2.24, 2.45) is 29.6 Å². The molecule has 0 radical (unpaired) electrons. The number of amides is 2.